The molecule has 0 atom stereocenters. The first-order chi connectivity index (χ1) is 2.27. The standard InChI is InChI=1S/CH5N3S.Rh/c2-1(5)4-3;/h3H2,(H3,2,4,5);. The van der Waals surface area contributed by atoms with Crippen LogP contribution in [0, 0.1) is 0 Å². The largest absolute Gasteiger partial charge is 0.375 e. The van der Waals surface area contributed by atoms with Crippen LogP contribution in [0.15, 0.2) is 0 Å². The maximum atomic E-state index is 4.79. The number of hydrogen-bond acceptors (Lipinski definition) is 2. The van der Waals surface area contributed by atoms with E-state index in [0.29, 0.717) is 0 Å². The molecule has 6 heavy (non-hydrogen) atoms. The SMILES string of the molecule is NNC(N)=S.[Rh]. The Bertz CT molecular complexity index is 46.1. The van der Waals surface area contributed by atoms with Gasteiger partial charge in [-0.2, -0.15) is 0 Å². The van der Waals surface area contributed by atoms with Crippen molar-refractivity contribution in [2.75, 3.05) is 0 Å². The minimum absolute atomic E-state index is 0. The minimum atomic E-state index is 0. The van der Waals surface area contributed by atoms with Crippen LogP contribution in [0.5, 0.6) is 0 Å². The summed E-state index contributed by atoms with van der Waals surface area (Å²) in [6, 6.07) is 0. The third-order valence-corrected chi connectivity index (χ3v) is 0.260. The maximum absolute atomic E-state index is 4.79. The number of hydrazine groups is 1. The number of nitrogens with one attached hydrogen (secondary N) is 1. The van der Waals surface area contributed by atoms with Gasteiger partial charge in [0.1, 0.15) is 0 Å². The third-order valence-electron chi connectivity index (χ3n) is 0.142. The molecule has 0 rings (SSSR count). The molecule has 0 fully saturated rings. The molecule has 0 aromatic heterocycles. The van der Waals surface area contributed by atoms with E-state index in [1.807, 2.05) is 5.43 Å². The van der Waals surface area contributed by atoms with Gasteiger partial charge >= 0.3 is 0 Å². The summed E-state index contributed by atoms with van der Waals surface area (Å²) in [6.07, 6.45) is 0. The van der Waals surface area contributed by atoms with Gasteiger partial charge in [-0.25, -0.2) is 5.84 Å². The molecule has 0 spiro atoms. The van der Waals surface area contributed by atoms with Crippen LogP contribution in [-0.2, 0) is 19.5 Å². The zero-order chi connectivity index (χ0) is 4.28. The van der Waals surface area contributed by atoms with Gasteiger partial charge in [-0.15, -0.1) is 0 Å². The Morgan fingerprint density at radius 3 is 1.83 bits per heavy atom. The van der Waals surface area contributed by atoms with Crippen molar-refractivity contribution >= 4 is 17.3 Å². The number of hydrogen-bond donors (Lipinski definition) is 3. The van der Waals surface area contributed by atoms with Crippen LogP contribution in [0.3, 0.4) is 0 Å². The van der Waals surface area contributed by atoms with Crippen LogP contribution >= 0.6 is 12.2 Å². The molecule has 0 aliphatic heterocycles. The summed E-state index contributed by atoms with van der Waals surface area (Å²) in [5.74, 6) is 4.66. The molecule has 3 nitrogen and oxygen atoms in total. The van der Waals surface area contributed by atoms with Gasteiger partial charge in [-0.05, 0) is 12.2 Å². The predicted octanol–water partition coefficient (Wildman–Crippen LogP) is -1.31. The summed E-state index contributed by atoms with van der Waals surface area (Å²) < 4.78 is 0. The van der Waals surface area contributed by atoms with Crippen molar-refractivity contribution in [3.8, 4) is 0 Å². The van der Waals surface area contributed by atoms with E-state index in [1.165, 1.54) is 0 Å². The maximum Gasteiger partial charge on any atom is 0.177 e. The fraction of sp³-hybridized carbons (Fsp3) is 0. The Hall–Kier alpha value is 0.273. The predicted molar refractivity (Wildman–Crippen MR) is 24.1 cm³/mol. The molecule has 0 saturated heterocycles. The molecule has 0 aromatic rings. The molecule has 0 aliphatic carbocycles. The zero-order valence-corrected chi connectivity index (χ0v) is 5.35. The second-order valence-corrected chi connectivity index (χ2v) is 0.948. The van der Waals surface area contributed by atoms with E-state index in [2.05, 4.69) is 18.1 Å². The first kappa shape index (κ1) is 9.55. The van der Waals surface area contributed by atoms with Gasteiger partial charge in [-0.1, -0.05) is 0 Å². The summed E-state index contributed by atoms with van der Waals surface area (Å²) in [5, 5.41) is 0.116. The van der Waals surface area contributed by atoms with Crippen LogP contribution in [0.4, 0.5) is 0 Å². The number of thiocarbonyl (C=S) groups is 1. The number of rotatable bonds is 0. The molecule has 0 aromatic carbocycles. The second-order valence-electron chi connectivity index (χ2n) is 0.509. The molecular weight excluding hydrogens is 189 g/mol. The summed E-state index contributed by atoms with van der Waals surface area (Å²) in [5.41, 5.74) is 6.82. The molecule has 0 saturated carbocycles. The molecule has 39 valence electrons. The molecule has 5 heteroatoms. The van der Waals surface area contributed by atoms with E-state index in [4.69, 9.17) is 5.73 Å². The van der Waals surface area contributed by atoms with Crippen molar-refractivity contribution < 1.29 is 19.5 Å². The smallest absolute Gasteiger partial charge is 0.177 e. The van der Waals surface area contributed by atoms with Crippen molar-refractivity contribution in [1.29, 1.82) is 0 Å². The van der Waals surface area contributed by atoms with Gasteiger partial charge in [0.25, 0.3) is 0 Å². The van der Waals surface area contributed by atoms with E-state index in [1.54, 1.807) is 0 Å². The van der Waals surface area contributed by atoms with E-state index >= 15 is 0 Å². The van der Waals surface area contributed by atoms with Crippen molar-refractivity contribution in [1.82, 2.24) is 5.43 Å². The zero-order valence-electron chi connectivity index (χ0n) is 2.90. The average Bonchev–Trinajstić information content (AvgIpc) is 1.38. The molecule has 0 bridgehead atoms. The van der Waals surface area contributed by atoms with Crippen LogP contribution in [0.2, 0.25) is 0 Å². The molecule has 0 aliphatic rings. The van der Waals surface area contributed by atoms with E-state index in [0.717, 1.165) is 0 Å². The quantitative estimate of drug-likeness (QED) is 0.194. The first-order valence-corrected chi connectivity index (χ1v) is 1.44. The molecule has 1 radical (unpaired) electrons. The molecule has 0 heterocycles. The molecule has 0 unspecified atom stereocenters. The van der Waals surface area contributed by atoms with Crippen molar-refractivity contribution in [3.63, 3.8) is 0 Å². The topological polar surface area (TPSA) is 64.1 Å². The Kier molecular flexibility index (Phi) is 8.40. The van der Waals surface area contributed by atoms with Crippen LogP contribution in [0.25, 0.3) is 0 Å². The second kappa shape index (κ2) is 5.27. The average molecular weight is 194 g/mol. The molecular formula is CH5N3RhS. The summed E-state index contributed by atoms with van der Waals surface area (Å²) in [4.78, 5) is 0. The van der Waals surface area contributed by atoms with Crippen LogP contribution in [-0.4, -0.2) is 5.11 Å². The van der Waals surface area contributed by atoms with Gasteiger partial charge < -0.3 is 11.2 Å². The van der Waals surface area contributed by atoms with Gasteiger partial charge in [0.05, 0.1) is 0 Å². The molecule has 5 N–H and O–H groups in total. The Morgan fingerprint density at radius 1 is 1.67 bits per heavy atom. The third kappa shape index (κ3) is 8.86. The summed E-state index contributed by atoms with van der Waals surface area (Å²) >= 11 is 4.24. The van der Waals surface area contributed by atoms with Gasteiger partial charge in [0, 0.05) is 19.5 Å². The van der Waals surface area contributed by atoms with Crippen molar-refractivity contribution in [3.05, 3.63) is 0 Å². The summed E-state index contributed by atoms with van der Waals surface area (Å²) in [7, 11) is 0. The van der Waals surface area contributed by atoms with E-state index < -0.39 is 0 Å². The minimum Gasteiger partial charge on any atom is -0.375 e. The Balaban J connectivity index is 0. The Labute approximate surface area is 54.2 Å². The van der Waals surface area contributed by atoms with Gasteiger partial charge in [0.2, 0.25) is 0 Å². The Morgan fingerprint density at radius 2 is 1.83 bits per heavy atom. The van der Waals surface area contributed by atoms with Crippen LogP contribution in [0.1, 0.15) is 0 Å². The van der Waals surface area contributed by atoms with E-state index in [-0.39, 0.29) is 24.6 Å². The fourth-order valence-electron chi connectivity index (χ4n) is 0. The van der Waals surface area contributed by atoms with Crippen LogP contribution < -0.4 is 17.0 Å². The van der Waals surface area contributed by atoms with Gasteiger partial charge in [0.15, 0.2) is 5.11 Å². The normalized spacial score (nSPS) is 5.50. The monoisotopic (exact) mass is 194 g/mol. The van der Waals surface area contributed by atoms with E-state index in [9.17, 15) is 0 Å². The number of nitrogens with two attached hydrogens (primary N) is 2. The summed E-state index contributed by atoms with van der Waals surface area (Å²) in [6.45, 7) is 0. The van der Waals surface area contributed by atoms with Crippen molar-refractivity contribution in [2.45, 2.75) is 0 Å². The first-order valence-electron chi connectivity index (χ1n) is 1.03. The molecule has 0 amide bonds. The fourth-order valence-corrected chi connectivity index (χ4v) is 0. The van der Waals surface area contributed by atoms with Crippen molar-refractivity contribution in [2.24, 2.45) is 11.6 Å². The van der Waals surface area contributed by atoms with Gasteiger partial charge in [-0.3, -0.25) is 0 Å².